The van der Waals surface area contributed by atoms with E-state index in [1.807, 2.05) is 53.0 Å². The zero-order chi connectivity index (χ0) is 21.2. The van der Waals surface area contributed by atoms with Crippen LogP contribution in [0.15, 0.2) is 78.9 Å². The van der Waals surface area contributed by atoms with Gasteiger partial charge in [-0.3, -0.25) is 0 Å². The molecule has 2 aromatic carbocycles. The Morgan fingerprint density at radius 2 is 1.84 bits per heavy atom. The number of methoxy groups -OCH3 is 1. The van der Waals surface area contributed by atoms with Crippen LogP contribution in [0.2, 0.25) is 0 Å². The third-order valence-electron chi connectivity index (χ3n) is 5.63. The molecule has 2 aromatic heterocycles. The maximum absolute atomic E-state index is 5.95. The lowest BCUT2D eigenvalue weighted by molar-refractivity contribution is 0.305. The van der Waals surface area contributed by atoms with Crippen LogP contribution in [0.1, 0.15) is 24.2 Å². The van der Waals surface area contributed by atoms with E-state index in [0.717, 1.165) is 46.2 Å². The highest BCUT2D eigenvalue weighted by molar-refractivity contribution is 5.63. The van der Waals surface area contributed by atoms with E-state index < -0.39 is 0 Å². The van der Waals surface area contributed by atoms with E-state index in [2.05, 4.69) is 24.8 Å². The van der Waals surface area contributed by atoms with Crippen LogP contribution < -0.4 is 9.47 Å². The molecular weight excluding hydrogens is 386 g/mol. The Hall–Kier alpha value is -3.60. The molecule has 0 spiro atoms. The number of hydrogen-bond acceptors (Lipinski definition) is 4. The minimum atomic E-state index is 0.490. The molecule has 0 amide bonds. The average molecular weight is 412 g/mol. The van der Waals surface area contributed by atoms with E-state index >= 15 is 0 Å². The number of aromatic nitrogens is 3. The highest BCUT2D eigenvalue weighted by Gasteiger charge is 2.25. The molecule has 0 N–H and O–H groups in total. The second kappa shape index (κ2) is 8.26. The molecule has 2 heterocycles. The predicted molar refractivity (Wildman–Crippen MR) is 121 cm³/mol. The van der Waals surface area contributed by atoms with Crippen LogP contribution in [0.4, 0.5) is 0 Å². The lowest BCUT2D eigenvalue weighted by Gasteiger charge is -2.09. The van der Waals surface area contributed by atoms with Gasteiger partial charge in [-0.2, -0.15) is 5.10 Å². The van der Waals surface area contributed by atoms with Crippen molar-refractivity contribution in [1.82, 2.24) is 14.6 Å². The molecule has 1 saturated carbocycles. The lowest BCUT2D eigenvalue weighted by atomic mass is 10.1. The Kier molecular flexibility index (Phi) is 5.16. The quantitative estimate of drug-likeness (QED) is 0.360. The van der Waals surface area contributed by atoms with Gasteiger partial charge in [0.15, 0.2) is 11.5 Å². The van der Waals surface area contributed by atoms with Crippen molar-refractivity contribution in [2.24, 2.45) is 5.92 Å². The number of allylic oxidation sites excluding steroid dienone is 1. The van der Waals surface area contributed by atoms with Crippen LogP contribution in [-0.4, -0.2) is 21.7 Å². The molecule has 0 unspecified atom stereocenters. The molecule has 0 bridgehead atoms. The van der Waals surface area contributed by atoms with Crippen molar-refractivity contribution in [2.75, 3.05) is 7.11 Å². The second-order valence-electron chi connectivity index (χ2n) is 7.98. The van der Waals surface area contributed by atoms with Gasteiger partial charge in [-0.25, -0.2) is 9.50 Å². The molecule has 1 fully saturated rings. The first-order valence-electron chi connectivity index (χ1n) is 10.6. The minimum Gasteiger partial charge on any atom is -0.497 e. The maximum atomic E-state index is 5.95. The Balaban J connectivity index is 1.32. The summed E-state index contributed by atoms with van der Waals surface area (Å²) in [6.07, 6.45) is 3.26. The fourth-order valence-corrected chi connectivity index (χ4v) is 3.73. The van der Waals surface area contributed by atoms with Gasteiger partial charge in [0.1, 0.15) is 18.1 Å². The van der Waals surface area contributed by atoms with Gasteiger partial charge in [-0.15, -0.1) is 0 Å². The maximum Gasteiger partial charge on any atom is 0.156 e. The zero-order valence-electron chi connectivity index (χ0n) is 17.6. The van der Waals surface area contributed by atoms with E-state index in [1.54, 1.807) is 7.11 Å². The molecule has 5 heteroatoms. The summed E-state index contributed by atoms with van der Waals surface area (Å²) in [6, 6.07) is 22.1. The summed E-state index contributed by atoms with van der Waals surface area (Å²) in [5.41, 5.74) is 5.24. The van der Waals surface area contributed by atoms with E-state index in [0.29, 0.717) is 12.5 Å². The normalized spacial score (nSPS) is 13.3. The van der Waals surface area contributed by atoms with Crippen molar-refractivity contribution in [3.63, 3.8) is 0 Å². The lowest BCUT2D eigenvalue weighted by Crippen LogP contribution is -1.97. The molecule has 1 aliphatic carbocycles. The average Bonchev–Trinajstić information content (AvgIpc) is 3.58. The van der Waals surface area contributed by atoms with Crippen molar-refractivity contribution in [2.45, 2.75) is 25.9 Å². The predicted octanol–water partition coefficient (Wildman–Crippen LogP) is 5.49. The standard InChI is InChI=1S/C26H25N3O2/c1-18(20-9-10-20)15-25-27-26-8-4-7-24(29(26)28-25)21-11-13-22(14-12-21)31-17-19-5-3-6-23(16-19)30-2/h3-8,11-14,16,20H,1,9-10,15,17H2,2H3. The topological polar surface area (TPSA) is 48.7 Å². The SMILES string of the molecule is C=C(Cc1nc2cccc(-c3ccc(OCc4cccc(OC)c4)cc3)n2n1)C1CC1. The first kappa shape index (κ1) is 19.4. The number of hydrogen-bond donors (Lipinski definition) is 0. The molecular formula is C26H25N3O2. The molecule has 5 nitrogen and oxygen atoms in total. The summed E-state index contributed by atoms with van der Waals surface area (Å²) < 4.78 is 13.1. The van der Waals surface area contributed by atoms with Crippen molar-refractivity contribution >= 4 is 5.65 Å². The molecule has 0 saturated heterocycles. The third kappa shape index (κ3) is 4.31. The van der Waals surface area contributed by atoms with Crippen molar-refractivity contribution in [3.05, 3.63) is 90.3 Å². The van der Waals surface area contributed by atoms with Gasteiger partial charge >= 0.3 is 0 Å². The first-order chi connectivity index (χ1) is 15.2. The number of ether oxygens (including phenoxy) is 2. The number of nitrogens with zero attached hydrogens (tertiary/aromatic N) is 3. The van der Waals surface area contributed by atoms with Crippen LogP contribution in [0.25, 0.3) is 16.9 Å². The van der Waals surface area contributed by atoms with E-state index in [4.69, 9.17) is 19.6 Å². The molecule has 4 aromatic rings. The molecule has 156 valence electrons. The highest BCUT2D eigenvalue weighted by Crippen LogP contribution is 2.36. The van der Waals surface area contributed by atoms with Gasteiger partial charge in [0, 0.05) is 12.0 Å². The van der Waals surface area contributed by atoms with E-state index in [-0.39, 0.29) is 0 Å². The van der Waals surface area contributed by atoms with Crippen LogP contribution in [0, 0.1) is 5.92 Å². The largest absolute Gasteiger partial charge is 0.497 e. The molecule has 0 aliphatic heterocycles. The summed E-state index contributed by atoms with van der Waals surface area (Å²) in [6.45, 7) is 4.70. The highest BCUT2D eigenvalue weighted by atomic mass is 16.5. The Morgan fingerprint density at radius 3 is 2.61 bits per heavy atom. The molecule has 1 aliphatic rings. The Bertz CT molecular complexity index is 1220. The van der Waals surface area contributed by atoms with Crippen molar-refractivity contribution < 1.29 is 9.47 Å². The Labute approximate surface area is 182 Å². The molecule has 0 atom stereocenters. The summed E-state index contributed by atoms with van der Waals surface area (Å²) >= 11 is 0. The summed E-state index contributed by atoms with van der Waals surface area (Å²) in [7, 11) is 1.67. The summed E-state index contributed by atoms with van der Waals surface area (Å²) in [5, 5.41) is 4.76. The van der Waals surface area contributed by atoms with Crippen molar-refractivity contribution in [1.29, 1.82) is 0 Å². The monoisotopic (exact) mass is 411 g/mol. The number of rotatable bonds is 8. The van der Waals surface area contributed by atoms with Gasteiger partial charge in [-0.1, -0.05) is 30.4 Å². The van der Waals surface area contributed by atoms with Crippen LogP contribution in [0.5, 0.6) is 11.5 Å². The van der Waals surface area contributed by atoms with Gasteiger partial charge in [-0.05, 0) is 72.9 Å². The van der Waals surface area contributed by atoms with Gasteiger partial charge in [0.25, 0.3) is 0 Å². The fourth-order valence-electron chi connectivity index (χ4n) is 3.73. The van der Waals surface area contributed by atoms with Crippen LogP contribution >= 0.6 is 0 Å². The van der Waals surface area contributed by atoms with Gasteiger partial charge < -0.3 is 9.47 Å². The second-order valence-corrected chi connectivity index (χ2v) is 7.98. The van der Waals surface area contributed by atoms with Crippen LogP contribution in [-0.2, 0) is 13.0 Å². The van der Waals surface area contributed by atoms with Crippen molar-refractivity contribution in [3.8, 4) is 22.8 Å². The van der Waals surface area contributed by atoms with E-state index in [1.165, 1.54) is 18.4 Å². The third-order valence-corrected chi connectivity index (χ3v) is 5.63. The molecule has 0 radical (unpaired) electrons. The number of pyridine rings is 1. The number of benzene rings is 2. The zero-order valence-corrected chi connectivity index (χ0v) is 17.6. The summed E-state index contributed by atoms with van der Waals surface area (Å²) in [5.74, 6) is 3.15. The Morgan fingerprint density at radius 1 is 1.03 bits per heavy atom. The first-order valence-corrected chi connectivity index (χ1v) is 10.6. The fraction of sp³-hybridized carbons (Fsp3) is 0.231. The summed E-state index contributed by atoms with van der Waals surface area (Å²) in [4.78, 5) is 4.70. The van der Waals surface area contributed by atoms with Gasteiger partial charge in [0.05, 0.1) is 12.8 Å². The number of fused-ring (bicyclic) bond motifs is 1. The van der Waals surface area contributed by atoms with Crippen LogP contribution in [0.3, 0.4) is 0 Å². The minimum absolute atomic E-state index is 0.490. The molecule has 31 heavy (non-hydrogen) atoms. The smallest absolute Gasteiger partial charge is 0.156 e. The van der Waals surface area contributed by atoms with Gasteiger partial charge in [0.2, 0.25) is 0 Å². The van der Waals surface area contributed by atoms with E-state index in [9.17, 15) is 0 Å². The molecule has 5 rings (SSSR count).